The number of thioether (sulfide) groups is 1. The lowest BCUT2D eigenvalue weighted by atomic mass is 9.98. The van der Waals surface area contributed by atoms with Crippen LogP contribution in [0, 0.1) is 6.92 Å². The Morgan fingerprint density at radius 1 is 1.14 bits per heavy atom. The van der Waals surface area contributed by atoms with Gasteiger partial charge in [-0.1, -0.05) is 71.4 Å². The van der Waals surface area contributed by atoms with Crippen LogP contribution in [0.5, 0.6) is 5.75 Å². The molecule has 7 nitrogen and oxygen atoms in total. The van der Waals surface area contributed by atoms with Gasteiger partial charge in [0.1, 0.15) is 11.0 Å². The van der Waals surface area contributed by atoms with Crippen LogP contribution in [0.1, 0.15) is 35.6 Å². The van der Waals surface area contributed by atoms with E-state index in [0.717, 1.165) is 16.8 Å². The Kier molecular flexibility index (Phi) is 7.30. The van der Waals surface area contributed by atoms with Gasteiger partial charge >= 0.3 is 0 Å². The van der Waals surface area contributed by atoms with E-state index in [4.69, 9.17) is 21.4 Å². The number of carbonyl (C=O) groups is 2. The number of aryl methyl sites for hydroxylation is 1. The number of amidine groups is 1. The quantitative estimate of drug-likeness (QED) is 0.431. The molecule has 3 aromatic rings. The number of amides is 2. The molecule has 0 aliphatic carbocycles. The number of hydrazone groups is 1. The van der Waals surface area contributed by atoms with E-state index in [1.54, 1.807) is 36.4 Å². The van der Waals surface area contributed by atoms with Gasteiger partial charge < -0.3 is 10.1 Å². The molecule has 188 valence electrons. The minimum Gasteiger partial charge on any atom is -0.497 e. The first-order valence-corrected chi connectivity index (χ1v) is 13.1. The number of nitrogens with zero attached hydrogens (tertiary/aromatic N) is 3. The normalized spacial score (nSPS) is 19.0. The molecule has 0 saturated carbocycles. The van der Waals surface area contributed by atoms with Crippen LogP contribution >= 0.6 is 23.4 Å². The number of benzene rings is 3. The highest BCUT2D eigenvalue weighted by Crippen LogP contribution is 2.39. The standard InChI is InChI=1S/C28H25ClN4O3S/c1-17-6-8-18(9-7-17)23-15-24(19-10-12-20(29)13-11-19)33(32-23)28-31-27(35)25(37-28)16-26(34)30-21-4-3-5-22(14-21)36-2/h3-14,24-25H,15-16H2,1-2H3,(H,30,34)/t24-,25+/m1/s1. The monoisotopic (exact) mass is 532 g/mol. The van der Waals surface area contributed by atoms with Gasteiger partial charge in [-0.2, -0.15) is 10.1 Å². The zero-order chi connectivity index (χ0) is 25.9. The van der Waals surface area contributed by atoms with E-state index in [-0.39, 0.29) is 24.3 Å². The molecule has 2 heterocycles. The maximum Gasteiger partial charge on any atom is 0.262 e. The third-order valence-electron chi connectivity index (χ3n) is 6.20. The van der Waals surface area contributed by atoms with Crippen molar-refractivity contribution in [3.05, 3.63) is 94.5 Å². The smallest absolute Gasteiger partial charge is 0.262 e. The van der Waals surface area contributed by atoms with E-state index in [1.165, 1.54) is 17.3 Å². The van der Waals surface area contributed by atoms with Crippen molar-refractivity contribution in [2.45, 2.75) is 31.1 Å². The number of halogens is 1. The summed E-state index contributed by atoms with van der Waals surface area (Å²) in [6.45, 7) is 2.04. The molecule has 0 aromatic heterocycles. The molecular weight excluding hydrogens is 508 g/mol. The van der Waals surface area contributed by atoms with Crippen LogP contribution in [0.25, 0.3) is 0 Å². The van der Waals surface area contributed by atoms with Gasteiger partial charge in [-0.25, -0.2) is 5.01 Å². The van der Waals surface area contributed by atoms with Crippen molar-refractivity contribution in [2.75, 3.05) is 12.4 Å². The molecule has 9 heteroatoms. The molecule has 3 aromatic carbocycles. The van der Waals surface area contributed by atoms with Crippen LogP contribution in [0.3, 0.4) is 0 Å². The molecule has 0 radical (unpaired) electrons. The third-order valence-corrected chi connectivity index (χ3v) is 7.59. The van der Waals surface area contributed by atoms with Crippen molar-refractivity contribution in [3.63, 3.8) is 0 Å². The fourth-order valence-corrected chi connectivity index (χ4v) is 5.42. The van der Waals surface area contributed by atoms with Crippen LogP contribution < -0.4 is 10.1 Å². The van der Waals surface area contributed by atoms with Gasteiger partial charge in [0.2, 0.25) is 5.91 Å². The maximum absolute atomic E-state index is 12.8. The first kappa shape index (κ1) is 25.0. The summed E-state index contributed by atoms with van der Waals surface area (Å²) in [7, 11) is 1.57. The van der Waals surface area contributed by atoms with Crippen molar-refractivity contribution in [2.24, 2.45) is 10.1 Å². The van der Waals surface area contributed by atoms with Crippen molar-refractivity contribution in [1.82, 2.24) is 5.01 Å². The summed E-state index contributed by atoms with van der Waals surface area (Å²) in [6, 6.07) is 22.8. The van der Waals surface area contributed by atoms with Gasteiger partial charge in [0.15, 0.2) is 5.17 Å². The zero-order valence-corrected chi connectivity index (χ0v) is 21.9. The average Bonchev–Trinajstić information content (AvgIpc) is 3.49. The SMILES string of the molecule is COc1cccc(NC(=O)C[C@@H]2SC(N3N=C(c4ccc(C)cc4)C[C@@H]3c3ccc(Cl)cc3)=NC2=O)c1. The lowest BCUT2D eigenvalue weighted by Crippen LogP contribution is -2.25. The molecule has 2 aliphatic heterocycles. The number of rotatable bonds is 6. The largest absolute Gasteiger partial charge is 0.497 e. The van der Waals surface area contributed by atoms with E-state index in [0.29, 0.717) is 28.0 Å². The Bertz CT molecular complexity index is 1390. The molecule has 37 heavy (non-hydrogen) atoms. The maximum atomic E-state index is 12.8. The third kappa shape index (κ3) is 5.70. The number of methoxy groups -OCH3 is 1. The summed E-state index contributed by atoms with van der Waals surface area (Å²) >= 11 is 7.39. The first-order chi connectivity index (χ1) is 17.9. The average molecular weight is 533 g/mol. The molecule has 0 spiro atoms. The van der Waals surface area contributed by atoms with Gasteiger partial charge in [0.05, 0.1) is 18.9 Å². The van der Waals surface area contributed by atoms with Crippen LogP contribution in [0.15, 0.2) is 82.9 Å². The number of hydrogen-bond acceptors (Lipinski definition) is 6. The Hall–Kier alpha value is -3.62. The Balaban J connectivity index is 1.34. The Morgan fingerprint density at radius 2 is 1.89 bits per heavy atom. The van der Waals surface area contributed by atoms with Crippen molar-refractivity contribution in [1.29, 1.82) is 0 Å². The van der Waals surface area contributed by atoms with Crippen LogP contribution in [0.4, 0.5) is 5.69 Å². The van der Waals surface area contributed by atoms with Gasteiger partial charge in [0.25, 0.3) is 5.91 Å². The molecule has 0 bridgehead atoms. The van der Waals surface area contributed by atoms with Crippen LogP contribution in [0.2, 0.25) is 5.02 Å². The zero-order valence-electron chi connectivity index (χ0n) is 20.3. The number of aliphatic imine (C=N–C) groups is 1. The van der Waals surface area contributed by atoms with Gasteiger partial charge in [0, 0.05) is 29.6 Å². The van der Waals surface area contributed by atoms with E-state index in [9.17, 15) is 9.59 Å². The van der Waals surface area contributed by atoms with Crippen LogP contribution in [-0.4, -0.2) is 40.1 Å². The highest BCUT2D eigenvalue weighted by atomic mass is 35.5. The van der Waals surface area contributed by atoms with E-state index in [2.05, 4.69) is 34.6 Å². The number of anilines is 1. The summed E-state index contributed by atoms with van der Waals surface area (Å²) in [5.41, 5.74) is 4.73. The Labute approximate surface area is 224 Å². The summed E-state index contributed by atoms with van der Waals surface area (Å²) < 4.78 is 5.20. The molecule has 2 aliphatic rings. The summed E-state index contributed by atoms with van der Waals surface area (Å²) in [6.07, 6.45) is 0.654. The molecule has 0 unspecified atom stereocenters. The number of ether oxygens (including phenoxy) is 1. The fourth-order valence-electron chi connectivity index (χ4n) is 4.24. The molecule has 1 N–H and O–H groups in total. The molecular formula is C28H25ClN4O3S. The van der Waals surface area contributed by atoms with E-state index in [1.807, 2.05) is 31.2 Å². The molecule has 2 amide bonds. The second kappa shape index (κ2) is 10.8. The summed E-state index contributed by atoms with van der Waals surface area (Å²) in [5.74, 6) is 0.0314. The highest BCUT2D eigenvalue weighted by molar-refractivity contribution is 8.15. The number of hydrogen-bond donors (Lipinski definition) is 1. The van der Waals surface area contributed by atoms with Crippen LogP contribution in [-0.2, 0) is 9.59 Å². The first-order valence-electron chi connectivity index (χ1n) is 11.8. The molecule has 2 atom stereocenters. The summed E-state index contributed by atoms with van der Waals surface area (Å²) in [4.78, 5) is 29.8. The van der Waals surface area contributed by atoms with E-state index >= 15 is 0 Å². The Morgan fingerprint density at radius 3 is 2.62 bits per heavy atom. The molecule has 0 saturated heterocycles. The number of nitrogens with one attached hydrogen (secondary N) is 1. The minimum absolute atomic E-state index is 0.00168. The number of carbonyl (C=O) groups excluding carboxylic acids is 2. The highest BCUT2D eigenvalue weighted by Gasteiger charge is 2.39. The molecule has 5 rings (SSSR count). The molecule has 0 fully saturated rings. The predicted molar refractivity (Wildman–Crippen MR) is 148 cm³/mol. The van der Waals surface area contributed by atoms with E-state index < -0.39 is 5.25 Å². The van der Waals surface area contributed by atoms with Gasteiger partial charge in [-0.05, 0) is 42.3 Å². The van der Waals surface area contributed by atoms with Crippen molar-refractivity contribution >= 4 is 51.7 Å². The summed E-state index contributed by atoms with van der Waals surface area (Å²) in [5, 5.41) is 10.0. The van der Waals surface area contributed by atoms with Crippen molar-refractivity contribution in [3.8, 4) is 5.75 Å². The lowest BCUT2D eigenvalue weighted by Gasteiger charge is -2.23. The second-order valence-electron chi connectivity index (χ2n) is 8.85. The lowest BCUT2D eigenvalue weighted by molar-refractivity contribution is -0.121. The fraction of sp³-hybridized carbons (Fsp3) is 0.214. The van der Waals surface area contributed by atoms with Gasteiger partial charge in [-0.15, -0.1) is 0 Å². The minimum atomic E-state index is -0.620. The topological polar surface area (TPSA) is 83.4 Å². The predicted octanol–water partition coefficient (Wildman–Crippen LogP) is 5.83. The second-order valence-corrected chi connectivity index (χ2v) is 10.5. The van der Waals surface area contributed by atoms with Gasteiger partial charge in [-0.3, -0.25) is 9.59 Å². The van der Waals surface area contributed by atoms with Crippen molar-refractivity contribution < 1.29 is 14.3 Å².